The van der Waals surface area contributed by atoms with Gasteiger partial charge in [-0.2, -0.15) is 5.10 Å². The van der Waals surface area contributed by atoms with Gasteiger partial charge >= 0.3 is 5.97 Å². The molecule has 0 aliphatic heterocycles. The molecule has 0 aliphatic carbocycles. The highest BCUT2D eigenvalue weighted by molar-refractivity contribution is 6.46. The second kappa shape index (κ2) is 8.19. The minimum absolute atomic E-state index is 0.0260. The zero-order chi connectivity index (χ0) is 17.7. The number of carbonyl (C=O) groups is 1. The number of rotatable bonds is 6. The molecule has 2 aromatic rings. The van der Waals surface area contributed by atoms with E-state index >= 15 is 0 Å². The molecule has 0 unspecified atom stereocenters. The fourth-order valence-corrected chi connectivity index (χ4v) is 2.46. The molecule has 1 aromatic heterocycles. The summed E-state index contributed by atoms with van der Waals surface area (Å²) in [5.41, 5.74) is 2.96. The average molecular weight is 389 g/mol. The third-order valence-corrected chi connectivity index (χ3v) is 3.95. The van der Waals surface area contributed by atoms with Gasteiger partial charge in [0.2, 0.25) is 0 Å². The van der Waals surface area contributed by atoms with E-state index in [0.717, 1.165) is 5.56 Å². The lowest BCUT2D eigenvalue weighted by molar-refractivity contribution is 0.0691. The van der Waals surface area contributed by atoms with Crippen molar-refractivity contribution in [2.45, 2.75) is 6.92 Å². The van der Waals surface area contributed by atoms with Gasteiger partial charge in [-0.05, 0) is 19.1 Å². The summed E-state index contributed by atoms with van der Waals surface area (Å²) in [4.78, 5) is 14.7. The Morgan fingerprint density at radius 3 is 2.71 bits per heavy atom. The number of carboxylic acid groups (broad SMARTS) is 1. The van der Waals surface area contributed by atoms with Crippen LogP contribution >= 0.6 is 34.8 Å². The van der Waals surface area contributed by atoms with Crippen LogP contribution in [0, 0.1) is 0 Å². The van der Waals surface area contributed by atoms with Gasteiger partial charge in [-0.15, -0.1) is 0 Å². The molecular weight excluding hydrogens is 377 g/mol. The number of para-hydroxylation sites is 1. The fraction of sp³-hybridized carbons (Fsp3) is 0.133. The Kier molecular flexibility index (Phi) is 6.25. The van der Waals surface area contributed by atoms with E-state index < -0.39 is 11.7 Å². The highest BCUT2D eigenvalue weighted by Gasteiger charge is 2.20. The van der Waals surface area contributed by atoms with Gasteiger partial charge in [-0.3, -0.25) is 5.43 Å². The highest BCUT2D eigenvalue weighted by atomic mass is 35.5. The second-order valence-electron chi connectivity index (χ2n) is 4.40. The number of aromatic nitrogens is 1. The number of aromatic carboxylic acids is 1. The first-order valence-electron chi connectivity index (χ1n) is 6.74. The number of nitrogens with zero attached hydrogens (tertiary/aromatic N) is 2. The molecule has 2 rings (SSSR count). The summed E-state index contributed by atoms with van der Waals surface area (Å²) in [5.74, 6) is -0.672. The van der Waals surface area contributed by atoms with Gasteiger partial charge in [0, 0.05) is 5.56 Å². The number of halogens is 3. The molecular formula is C15H12Cl3N3O3. The van der Waals surface area contributed by atoms with Crippen molar-refractivity contribution in [1.82, 2.24) is 4.98 Å². The minimum atomic E-state index is -1.33. The number of nitrogens with one attached hydrogen (secondary N) is 1. The Bertz CT molecular complexity index is 797. The molecule has 0 saturated carbocycles. The standard InChI is InChI=1S/C15H12Cl3N3O3/c1-2-24-9-6-4-3-5-8(9)7-19-21-12-10(16)13(15(22)23)20-14(18)11(12)17/h3-7H,2H2,1H3,(H,20,21)(H,22,23)/b19-7-. The maximum absolute atomic E-state index is 11.1. The van der Waals surface area contributed by atoms with Gasteiger partial charge in [0.25, 0.3) is 0 Å². The van der Waals surface area contributed by atoms with E-state index in [0.29, 0.717) is 12.4 Å². The molecule has 0 aliphatic rings. The number of carboxylic acids is 1. The summed E-state index contributed by atoms with van der Waals surface area (Å²) >= 11 is 17.8. The van der Waals surface area contributed by atoms with E-state index in [-0.39, 0.29) is 20.9 Å². The van der Waals surface area contributed by atoms with Crippen LogP contribution in [-0.2, 0) is 0 Å². The van der Waals surface area contributed by atoms with Crippen LogP contribution in [0.3, 0.4) is 0 Å². The van der Waals surface area contributed by atoms with Crippen LogP contribution < -0.4 is 10.2 Å². The SMILES string of the molecule is CCOc1ccccc1/C=N\Nc1c(Cl)c(Cl)nc(C(=O)O)c1Cl. The summed E-state index contributed by atoms with van der Waals surface area (Å²) in [5, 5.41) is 12.7. The number of pyridine rings is 1. The van der Waals surface area contributed by atoms with Crippen LogP contribution in [0.15, 0.2) is 29.4 Å². The van der Waals surface area contributed by atoms with Crippen LogP contribution in [0.1, 0.15) is 23.0 Å². The lowest BCUT2D eigenvalue weighted by atomic mass is 10.2. The molecule has 0 fully saturated rings. The zero-order valence-electron chi connectivity index (χ0n) is 12.4. The van der Waals surface area contributed by atoms with Gasteiger partial charge in [-0.1, -0.05) is 46.9 Å². The average Bonchev–Trinajstić information content (AvgIpc) is 2.55. The number of hydrogen-bond acceptors (Lipinski definition) is 5. The van der Waals surface area contributed by atoms with Crippen molar-refractivity contribution in [3.05, 3.63) is 50.7 Å². The number of ether oxygens (including phenoxy) is 1. The van der Waals surface area contributed by atoms with E-state index in [1.54, 1.807) is 6.07 Å². The summed E-state index contributed by atoms with van der Waals surface area (Å²) in [6, 6.07) is 7.28. The van der Waals surface area contributed by atoms with Gasteiger partial charge in [0.05, 0.1) is 18.5 Å². The molecule has 1 aromatic carbocycles. The maximum Gasteiger partial charge on any atom is 0.356 e. The summed E-state index contributed by atoms with van der Waals surface area (Å²) in [6.07, 6.45) is 1.49. The van der Waals surface area contributed by atoms with Gasteiger partial charge in [0.1, 0.15) is 15.8 Å². The zero-order valence-corrected chi connectivity index (χ0v) is 14.7. The van der Waals surface area contributed by atoms with Crippen LogP contribution in [0.5, 0.6) is 5.75 Å². The van der Waals surface area contributed by atoms with E-state index in [1.165, 1.54) is 6.21 Å². The van der Waals surface area contributed by atoms with Crippen LogP contribution in [0.25, 0.3) is 0 Å². The molecule has 0 radical (unpaired) electrons. The first kappa shape index (κ1) is 18.3. The Balaban J connectivity index is 2.31. The van der Waals surface area contributed by atoms with Gasteiger partial charge < -0.3 is 9.84 Å². The molecule has 126 valence electrons. The lowest BCUT2D eigenvalue weighted by Crippen LogP contribution is -2.05. The number of benzene rings is 1. The van der Waals surface area contributed by atoms with E-state index in [2.05, 4.69) is 15.5 Å². The predicted octanol–water partition coefficient (Wildman–Crippen LogP) is 4.58. The van der Waals surface area contributed by atoms with Crippen molar-refractivity contribution >= 4 is 52.7 Å². The Hall–Kier alpha value is -2.02. The topological polar surface area (TPSA) is 83.8 Å². The van der Waals surface area contributed by atoms with E-state index in [1.807, 2.05) is 25.1 Å². The Morgan fingerprint density at radius 1 is 1.33 bits per heavy atom. The van der Waals surface area contributed by atoms with Gasteiger partial charge in [0.15, 0.2) is 10.8 Å². The smallest absolute Gasteiger partial charge is 0.356 e. The van der Waals surface area contributed by atoms with E-state index in [9.17, 15) is 4.79 Å². The molecule has 9 heteroatoms. The molecule has 2 N–H and O–H groups in total. The molecule has 1 heterocycles. The summed E-state index contributed by atoms with van der Waals surface area (Å²) < 4.78 is 5.48. The van der Waals surface area contributed by atoms with Crippen molar-refractivity contribution < 1.29 is 14.6 Å². The fourth-order valence-electron chi connectivity index (χ4n) is 1.79. The quantitative estimate of drug-likeness (QED) is 0.430. The third-order valence-electron chi connectivity index (χ3n) is 2.84. The number of anilines is 1. The third kappa shape index (κ3) is 4.08. The van der Waals surface area contributed by atoms with Crippen molar-refractivity contribution in [3.8, 4) is 5.75 Å². The van der Waals surface area contributed by atoms with Crippen molar-refractivity contribution in [1.29, 1.82) is 0 Å². The Labute approximate surface area is 153 Å². The largest absolute Gasteiger partial charge is 0.493 e. The van der Waals surface area contributed by atoms with Crippen molar-refractivity contribution in [2.24, 2.45) is 5.10 Å². The van der Waals surface area contributed by atoms with Crippen molar-refractivity contribution in [3.63, 3.8) is 0 Å². The normalized spacial score (nSPS) is 10.8. The first-order chi connectivity index (χ1) is 11.5. The molecule has 6 nitrogen and oxygen atoms in total. The molecule has 0 saturated heterocycles. The van der Waals surface area contributed by atoms with Gasteiger partial charge in [-0.25, -0.2) is 9.78 Å². The highest BCUT2D eigenvalue weighted by Crippen LogP contribution is 2.36. The molecule has 0 spiro atoms. The summed E-state index contributed by atoms with van der Waals surface area (Å²) in [6.45, 7) is 2.38. The molecule has 0 bridgehead atoms. The van der Waals surface area contributed by atoms with Crippen LogP contribution in [0.2, 0.25) is 15.2 Å². The summed E-state index contributed by atoms with van der Waals surface area (Å²) in [7, 11) is 0. The molecule has 0 amide bonds. The predicted molar refractivity (Wildman–Crippen MR) is 95.1 cm³/mol. The Morgan fingerprint density at radius 2 is 2.04 bits per heavy atom. The number of hydrogen-bond donors (Lipinski definition) is 2. The lowest BCUT2D eigenvalue weighted by Gasteiger charge is -2.10. The maximum atomic E-state index is 11.1. The number of hydrazone groups is 1. The van der Waals surface area contributed by atoms with E-state index in [4.69, 9.17) is 44.6 Å². The van der Waals surface area contributed by atoms with Crippen LogP contribution in [-0.4, -0.2) is 28.9 Å². The molecule has 0 atom stereocenters. The van der Waals surface area contributed by atoms with Crippen LogP contribution in [0.4, 0.5) is 5.69 Å². The van der Waals surface area contributed by atoms with Crippen molar-refractivity contribution in [2.75, 3.05) is 12.0 Å². The second-order valence-corrected chi connectivity index (χ2v) is 5.51. The first-order valence-corrected chi connectivity index (χ1v) is 7.87. The minimum Gasteiger partial charge on any atom is -0.493 e. The molecule has 24 heavy (non-hydrogen) atoms. The monoisotopic (exact) mass is 387 g/mol.